The minimum atomic E-state index is -4.00. The lowest BCUT2D eigenvalue weighted by Crippen LogP contribution is -2.48. The smallest absolute Gasteiger partial charge is 0.321 e. The average molecular weight is 697 g/mol. The van der Waals surface area contributed by atoms with Crippen molar-refractivity contribution in [1.29, 1.82) is 0 Å². The van der Waals surface area contributed by atoms with Crippen LogP contribution in [0.15, 0.2) is 77.7 Å². The highest BCUT2D eigenvalue weighted by atomic mass is 32.2. The molecule has 0 bridgehead atoms. The third kappa shape index (κ3) is 10.3. The number of aliphatic hydroxyl groups is 1. The average Bonchev–Trinajstić information content (AvgIpc) is 3.09. The second-order valence-electron chi connectivity index (χ2n) is 12.5. The summed E-state index contributed by atoms with van der Waals surface area (Å²) in [6.45, 7) is 6.22. The quantitative estimate of drug-likeness (QED) is 0.268. The molecule has 3 aromatic carbocycles. The van der Waals surface area contributed by atoms with E-state index in [0.717, 1.165) is 12.8 Å². The van der Waals surface area contributed by atoms with Crippen LogP contribution in [0.25, 0.3) is 0 Å². The van der Waals surface area contributed by atoms with Crippen LogP contribution in [-0.4, -0.2) is 94.0 Å². The maximum absolute atomic E-state index is 14.4. The molecule has 3 N–H and O–H groups in total. The predicted octanol–water partition coefficient (Wildman–Crippen LogP) is 5.46. The number of carbonyl (C=O) groups is 2. The van der Waals surface area contributed by atoms with Crippen LogP contribution in [0.2, 0.25) is 0 Å². The van der Waals surface area contributed by atoms with Gasteiger partial charge >= 0.3 is 6.03 Å². The van der Waals surface area contributed by atoms with Crippen molar-refractivity contribution in [2.45, 2.75) is 63.2 Å². The molecular formula is C36H48N4O8S. The van der Waals surface area contributed by atoms with Crippen LogP contribution < -0.4 is 19.5 Å². The number of sulfonamides is 1. The molecule has 0 saturated heterocycles. The topological polar surface area (TPSA) is 147 Å². The van der Waals surface area contributed by atoms with Crippen molar-refractivity contribution in [3.63, 3.8) is 0 Å². The first-order valence-corrected chi connectivity index (χ1v) is 18.0. The first-order valence-electron chi connectivity index (χ1n) is 16.5. The first-order chi connectivity index (χ1) is 23.4. The Hall–Kier alpha value is -4.33. The molecule has 12 nitrogen and oxygen atoms in total. The Labute approximate surface area is 289 Å². The van der Waals surface area contributed by atoms with Gasteiger partial charge in [-0.15, -0.1) is 0 Å². The monoisotopic (exact) mass is 696 g/mol. The molecule has 0 spiro atoms. The van der Waals surface area contributed by atoms with E-state index < -0.39 is 28.1 Å². The van der Waals surface area contributed by atoms with E-state index in [1.54, 1.807) is 48.0 Å². The Morgan fingerprint density at radius 1 is 1.06 bits per heavy atom. The van der Waals surface area contributed by atoms with E-state index in [1.165, 1.54) is 25.3 Å². The van der Waals surface area contributed by atoms with Crippen LogP contribution in [0.3, 0.4) is 0 Å². The van der Waals surface area contributed by atoms with Crippen LogP contribution >= 0.6 is 0 Å². The molecule has 49 heavy (non-hydrogen) atoms. The van der Waals surface area contributed by atoms with Crippen LogP contribution in [0.1, 0.15) is 50.4 Å². The maximum Gasteiger partial charge on any atom is 0.321 e. The number of aliphatic hydroxyl groups excluding tert-OH is 1. The van der Waals surface area contributed by atoms with Crippen molar-refractivity contribution < 1.29 is 37.3 Å². The minimum absolute atomic E-state index is 0.0300. The molecule has 0 saturated carbocycles. The maximum atomic E-state index is 14.4. The third-order valence-electron chi connectivity index (χ3n) is 8.50. The van der Waals surface area contributed by atoms with Gasteiger partial charge in [0.1, 0.15) is 11.5 Å². The van der Waals surface area contributed by atoms with Crippen LogP contribution in [0, 0.1) is 5.92 Å². The highest BCUT2D eigenvalue weighted by molar-refractivity contribution is 7.92. The highest BCUT2D eigenvalue weighted by Gasteiger charge is 2.31. The summed E-state index contributed by atoms with van der Waals surface area (Å²) in [5.41, 5.74) is 1.01. The summed E-state index contributed by atoms with van der Waals surface area (Å²) in [4.78, 5) is 30.6. The Balaban J connectivity index is 1.63. The molecule has 3 amide bonds. The third-order valence-corrected chi connectivity index (χ3v) is 9.90. The molecular weight excluding hydrogens is 648 g/mol. The van der Waals surface area contributed by atoms with Gasteiger partial charge in [0.25, 0.3) is 15.9 Å². The van der Waals surface area contributed by atoms with Crippen LogP contribution in [0.5, 0.6) is 11.5 Å². The van der Waals surface area contributed by atoms with E-state index in [1.807, 2.05) is 44.2 Å². The van der Waals surface area contributed by atoms with Crippen molar-refractivity contribution in [3.8, 4) is 11.5 Å². The van der Waals surface area contributed by atoms with E-state index in [4.69, 9.17) is 14.2 Å². The largest absolute Gasteiger partial charge is 0.497 e. The van der Waals surface area contributed by atoms with Gasteiger partial charge in [-0.3, -0.25) is 9.52 Å². The molecule has 3 aromatic rings. The summed E-state index contributed by atoms with van der Waals surface area (Å²) in [7, 11) is -0.803. The SMILES string of the molecule is COc1ccc(S(=O)(=O)Nc2ccc3c(c2)C(=O)N([C@@H](C)CO)C[C@H](C)[C@H](CN(C)C(=O)Nc2ccccc2)OCCCC[C@H](C)O3)cc1. The Bertz CT molecular complexity index is 1640. The minimum Gasteiger partial charge on any atom is -0.497 e. The number of amides is 3. The number of methoxy groups -OCH3 is 1. The van der Waals surface area contributed by atoms with E-state index in [9.17, 15) is 23.1 Å². The molecule has 0 radical (unpaired) electrons. The van der Waals surface area contributed by atoms with Crippen molar-refractivity contribution in [1.82, 2.24) is 9.80 Å². The van der Waals surface area contributed by atoms with Crippen LogP contribution in [0.4, 0.5) is 16.2 Å². The van der Waals surface area contributed by atoms with Gasteiger partial charge < -0.3 is 34.4 Å². The van der Waals surface area contributed by atoms with Gasteiger partial charge in [0.2, 0.25) is 0 Å². The number of benzene rings is 3. The molecule has 0 aliphatic carbocycles. The normalized spacial score (nSPS) is 19.8. The highest BCUT2D eigenvalue weighted by Crippen LogP contribution is 2.30. The molecule has 4 rings (SSSR count). The lowest BCUT2D eigenvalue weighted by Gasteiger charge is -2.35. The van der Waals surface area contributed by atoms with Gasteiger partial charge in [-0.1, -0.05) is 25.1 Å². The summed E-state index contributed by atoms with van der Waals surface area (Å²) in [5.74, 6) is 0.138. The molecule has 1 heterocycles. The second kappa shape index (κ2) is 17.4. The molecule has 4 atom stereocenters. The number of nitrogens with one attached hydrogen (secondary N) is 2. The number of carbonyl (C=O) groups excluding carboxylic acids is 2. The number of anilines is 2. The second-order valence-corrected chi connectivity index (χ2v) is 14.2. The van der Waals surface area contributed by atoms with Crippen molar-refractivity contribution in [3.05, 3.63) is 78.4 Å². The van der Waals surface area contributed by atoms with Crippen molar-refractivity contribution >= 4 is 33.3 Å². The summed E-state index contributed by atoms with van der Waals surface area (Å²) in [6.07, 6.45) is 1.60. The standard InChI is InChI=1S/C36H48N4O8S/c1-25-22-40(26(2)24-41)35(42)32-21-29(38-49(44,45)31-17-15-30(46-5)16-18-31)14-19-33(32)48-27(3)11-9-10-20-47-34(25)23-39(4)36(43)37-28-12-7-6-8-13-28/h6-8,12-19,21,25-27,34,38,41H,9-11,20,22-24H2,1-5H3,(H,37,43)/t25-,26-,27-,34-/m0/s1. The van der Waals surface area contributed by atoms with Gasteiger partial charge in [0.05, 0.1) is 42.4 Å². The van der Waals surface area contributed by atoms with E-state index in [-0.39, 0.29) is 53.9 Å². The number of urea groups is 1. The molecule has 266 valence electrons. The lowest BCUT2D eigenvalue weighted by molar-refractivity contribution is -0.0115. The summed E-state index contributed by atoms with van der Waals surface area (Å²) in [5, 5.41) is 13.1. The fourth-order valence-corrected chi connectivity index (χ4v) is 6.56. The fourth-order valence-electron chi connectivity index (χ4n) is 5.51. The zero-order valence-corrected chi connectivity index (χ0v) is 29.6. The van der Waals surface area contributed by atoms with Gasteiger partial charge in [-0.25, -0.2) is 13.2 Å². The number of likely N-dealkylation sites (N-methyl/N-ethyl adjacent to an activating group) is 1. The summed E-state index contributed by atoms with van der Waals surface area (Å²) >= 11 is 0. The van der Waals surface area contributed by atoms with Gasteiger partial charge in [-0.2, -0.15) is 0 Å². The Kier molecular flexibility index (Phi) is 13.3. The van der Waals surface area contributed by atoms with E-state index >= 15 is 0 Å². The number of rotatable bonds is 9. The molecule has 1 aliphatic rings. The van der Waals surface area contributed by atoms with Crippen molar-refractivity contribution in [2.24, 2.45) is 5.92 Å². The molecule has 0 unspecified atom stereocenters. The van der Waals surface area contributed by atoms with Gasteiger partial charge in [0.15, 0.2) is 0 Å². The fraction of sp³-hybridized carbons (Fsp3) is 0.444. The predicted molar refractivity (Wildman–Crippen MR) is 189 cm³/mol. The molecule has 1 aliphatic heterocycles. The molecule has 0 fully saturated rings. The number of hydrogen-bond acceptors (Lipinski definition) is 8. The lowest BCUT2D eigenvalue weighted by atomic mass is 10.0. The zero-order valence-electron chi connectivity index (χ0n) is 28.8. The number of hydrogen-bond donors (Lipinski definition) is 3. The van der Waals surface area contributed by atoms with Crippen LogP contribution in [-0.2, 0) is 14.8 Å². The number of nitrogens with zero attached hydrogens (tertiary/aromatic N) is 2. The van der Waals surface area contributed by atoms with Gasteiger partial charge in [-0.05, 0) is 87.7 Å². The van der Waals surface area contributed by atoms with E-state index in [2.05, 4.69) is 10.0 Å². The number of ether oxygens (including phenoxy) is 3. The van der Waals surface area contributed by atoms with Crippen molar-refractivity contribution in [2.75, 3.05) is 50.5 Å². The van der Waals surface area contributed by atoms with E-state index in [0.29, 0.717) is 30.2 Å². The Morgan fingerprint density at radius 3 is 2.45 bits per heavy atom. The zero-order chi connectivity index (χ0) is 35.6. The molecule has 0 aromatic heterocycles. The number of fused-ring (bicyclic) bond motifs is 1. The number of para-hydroxylation sites is 1. The summed E-state index contributed by atoms with van der Waals surface area (Å²) in [6, 6.07) is 18.9. The van der Waals surface area contributed by atoms with Gasteiger partial charge in [0, 0.05) is 44.0 Å². The Morgan fingerprint density at radius 2 is 1.78 bits per heavy atom. The summed E-state index contributed by atoms with van der Waals surface area (Å²) < 4.78 is 46.8. The molecule has 13 heteroatoms. The first kappa shape index (κ1) is 37.5.